The molecular formula is C21H23F3N6O. The van der Waals surface area contributed by atoms with Gasteiger partial charge in [0.1, 0.15) is 5.82 Å². The van der Waals surface area contributed by atoms with Gasteiger partial charge in [-0.05, 0) is 37.6 Å². The average Bonchev–Trinajstić information content (AvgIpc) is 3.10. The molecule has 1 aliphatic rings. The van der Waals surface area contributed by atoms with Crippen LogP contribution in [0.5, 0.6) is 0 Å². The lowest BCUT2D eigenvalue weighted by molar-refractivity contribution is -0.138. The van der Waals surface area contributed by atoms with E-state index in [1.54, 1.807) is 16.9 Å². The fourth-order valence-corrected chi connectivity index (χ4v) is 3.59. The van der Waals surface area contributed by atoms with E-state index in [2.05, 4.69) is 20.4 Å². The molecule has 1 saturated heterocycles. The van der Waals surface area contributed by atoms with Crippen LogP contribution in [-0.2, 0) is 17.5 Å². The minimum atomic E-state index is -4.46. The Balaban J connectivity index is 1.55. The minimum absolute atomic E-state index is 0.0342. The van der Waals surface area contributed by atoms with Crippen LogP contribution in [0.3, 0.4) is 0 Å². The summed E-state index contributed by atoms with van der Waals surface area (Å²) in [7, 11) is 0. The number of nitrogens with one attached hydrogen (secondary N) is 1. The lowest BCUT2D eigenvalue weighted by Gasteiger charge is -2.29. The summed E-state index contributed by atoms with van der Waals surface area (Å²) in [5.41, 5.74) is 1.76. The second-order valence-electron chi connectivity index (χ2n) is 7.39. The summed E-state index contributed by atoms with van der Waals surface area (Å²) in [6.45, 7) is 5.90. The van der Waals surface area contributed by atoms with Crippen molar-refractivity contribution in [3.05, 3.63) is 59.2 Å². The number of rotatable bonds is 5. The summed E-state index contributed by atoms with van der Waals surface area (Å²) in [5.74, 6) is 0.866. The Morgan fingerprint density at radius 3 is 2.55 bits per heavy atom. The fraction of sp³-hybridized carbons (Fsp3) is 0.381. The summed E-state index contributed by atoms with van der Waals surface area (Å²) in [5, 5.41) is 7.32. The van der Waals surface area contributed by atoms with E-state index in [4.69, 9.17) is 4.74 Å². The molecule has 2 aromatic heterocycles. The van der Waals surface area contributed by atoms with Crippen LogP contribution in [0.15, 0.2) is 36.7 Å². The summed E-state index contributed by atoms with van der Waals surface area (Å²) in [4.78, 5) is 10.5. The van der Waals surface area contributed by atoms with E-state index in [1.165, 1.54) is 18.3 Å². The number of aryl methyl sites for hydroxylation is 2. The van der Waals surface area contributed by atoms with Gasteiger partial charge in [-0.1, -0.05) is 6.07 Å². The predicted octanol–water partition coefficient (Wildman–Crippen LogP) is 3.75. The van der Waals surface area contributed by atoms with Crippen molar-refractivity contribution in [2.75, 3.05) is 36.5 Å². The van der Waals surface area contributed by atoms with Crippen molar-refractivity contribution in [3.63, 3.8) is 0 Å². The van der Waals surface area contributed by atoms with Crippen LogP contribution < -0.4 is 10.2 Å². The van der Waals surface area contributed by atoms with Gasteiger partial charge in [-0.3, -0.25) is 4.98 Å². The number of halogens is 3. The molecule has 0 atom stereocenters. The first-order valence-corrected chi connectivity index (χ1v) is 9.93. The molecule has 1 fully saturated rings. The third-order valence-electron chi connectivity index (χ3n) is 5.08. The normalized spacial score (nSPS) is 14.7. The van der Waals surface area contributed by atoms with Crippen molar-refractivity contribution < 1.29 is 17.9 Å². The molecule has 0 radical (unpaired) electrons. The van der Waals surface area contributed by atoms with E-state index in [0.717, 1.165) is 11.4 Å². The van der Waals surface area contributed by atoms with Crippen LogP contribution in [-0.4, -0.2) is 46.1 Å². The van der Waals surface area contributed by atoms with Crippen molar-refractivity contribution in [2.45, 2.75) is 26.6 Å². The molecule has 0 amide bonds. The molecule has 4 rings (SSSR count). The first kappa shape index (κ1) is 21.1. The molecule has 1 N–H and O–H groups in total. The summed E-state index contributed by atoms with van der Waals surface area (Å²) in [6, 6.07) is 6.35. The molecule has 0 bridgehead atoms. The van der Waals surface area contributed by atoms with Gasteiger partial charge in [0.05, 0.1) is 36.9 Å². The van der Waals surface area contributed by atoms with Crippen LogP contribution in [0.25, 0.3) is 5.82 Å². The number of anilines is 2. The standard InChI is InChI=1S/C21H23F3N6O/c1-14-9-15(2)30(28-14)20-13-25-12-19(27-20)26-11-16-3-4-17(10-18(16)21(22,23)24)29-5-7-31-8-6-29/h3-4,9-10,12-13H,5-8,11H2,1-2H3,(H,26,27). The number of morpholine rings is 1. The van der Waals surface area contributed by atoms with Crippen molar-refractivity contribution >= 4 is 11.5 Å². The van der Waals surface area contributed by atoms with Gasteiger partial charge in [-0.15, -0.1) is 0 Å². The Labute approximate surface area is 177 Å². The van der Waals surface area contributed by atoms with Crippen LogP contribution in [0.1, 0.15) is 22.5 Å². The molecule has 10 heteroatoms. The first-order chi connectivity index (χ1) is 14.8. The highest BCUT2D eigenvalue weighted by atomic mass is 19.4. The topological polar surface area (TPSA) is 68.1 Å². The van der Waals surface area contributed by atoms with Crippen molar-refractivity contribution in [1.29, 1.82) is 0 Å². The molecule has 3 aromatic rings. The minimum Gasteiger partial charge on any atom is -0.378 e. The zero-order chi connectivity index (χ0) is 22.0. The van der Waals surface area contributed by atoms with Gasteiger partial charge in [0.25, 0.3) is 0 Å². The Morgan fingerprint density at radius 2 is 1.87 bits per heavy atom. The Hall–Kier alpha value is -3.14. The SMILES string of the molecule is Cc1cc(C)n(-c2cncc(NCc3ccc(N4CCOCC4)cc3C(F)(F)F)n2)n1. The van der Waals surface area contributed by atoms with Gasteiger partial charge in [-0.2, -0.15) is 18.3 Å². The Bertz CT molecular complexity index is 1060. The second kappa shape index (κ2) is 8.54. The Morgan fingerprint density at radius 1 is 1.10 bits per heavy atom. The van der Waals surface area contributed by atoms with E-state index < -0.39 is 11.7 Å². The molecule has 0 saturated carbocycles. The van der Waals surface area contributed by atoms with Crippen molar-refractivity contribution in [2.24, 2.45) is 0 Å². The van der Waals surface area contributed by atoms with E-state index >= 15 is 0 Å². The molecule has 7 nitrogen and oxygen atoms in total. The number of hydrogen-bond acceptors (Lipinski definition) is 6. The Kier molecular flexibility index (Phi) is 5.81. The maximum atomic E-state index is 13.7. The highest BCUT2D eigenvalue weighted by Gasteiger charge is 2.34. The van der Waals surface area contributed by atoms with Gasteiger partial charge in [0, 0.05) is 31.0 Å². The molecule has 3 heterocycles. The highest BCUT2D eigenvalue weighted by Crippen LogP contribution is 2.35. The van der Waals surface area contributed by atoms with E-state index in [9.17, 15) is 13.2 Å². The van der Waals surface area contributed by atoms with Crippen LogP contribution in [0, 0.1) is 13.8 Å². The molecule has 0 spiro atoms. The van der Waals surface area contributed by atoms with Gasteiger partial charge in [-0.25, -0.2) is 9.67 Å². The highest BCUT2D eigenvalue weighted by molar-refractivity contribution is 5.53. The van der Waals surface area contributed by atoms with Crippen LogP contribution in [0.4, 0.5) is 24.7 Å². The molecule has 164 valence electrons. The van der Waals surface area contributed by atoms with Crippen molar-refractivity contribution in [3.8, 4) is 5.82 Å². The lowest BCUT2D eigenvalue weighted by Crippen LogP contribution is -2.36. The first-order valence-electron chi connectivity index (χ1n) is 9.93. The molecule has 0 unspecified atom stereocenters. The third kappa shape index (κ3) is 4.79. The molecule has 0 aliphatic carbocycles. The number of ether oxygens (including phenoxy) is 1. The van der Waals surface area contributed by atoms with Crippen LogP contribution >= 0.6 is 0 Å². The number of alkyl halides is 3. The summed E-state index contributed by atoms with van der Waals surface area (Å²) >= 11 is 0. The zero-order valence-electron chi connectivity index (χ0n) is 17.3. The predicted molar refractivity (Wildman–Crippen MR) is 110 cm³/mol. The molecule has 31 heavy (non-hydrogen) atoms. The third-order valence-corrected chi connectivity index (χ3v) is 5.08. The number of aromatic nitrogens is 4. The smallest absolute Gasteiger partial charge is 0.378 e. The summed E-state index contributed by atoms with van der Waals surface area (Å²) in [6.07, 6.45) is -1.43. The van der Waals surface area contributed by atoms with Gasteiger partial charge in [0.15, 0.2) is 5.82 Å². The molecule has 1 aromatic carbocycles. The van der Waals surface area contributed by atoms with Gasteiger partial charge in [0.2, 0.25) is 0 Å². The largest absolute Gasteiger partial charge is 0.416 e. The zero-order valence-corrected chi connectivity index (χ0v) is 17.3. The van der Waals surface area contributed by atoms with E-state index in [1.807, 2.05) is 24.8 Å². The van der Waals surface area contributed by atoms with E-state index in [-0.39, 0.29) is 12.1 Å². The number of nitrogens with zero attached hydrogens (tertiary/aromatic N) is 5. The van der Waals surface area contributed by atoms with Crippen LogP contribution in [0.2, 0.25) is 0 Å². The van der Waals surface area contributed by atoms with Gasteiger partial charge < -0.3 is 15.0 Å². The van der Waals surface area contributed by atoms with E-state index in [0.29, 0.717) is 43.6 Å². The van der Waals surface area contributed by atoms with Gasteiger partial charge >= 0.3 is 6.18 Å². The monoisotopic (exact) mass is 432 g/mol. The molecular weight excluding hydrogens is 409 g/mol. The average molecular weight is 432 g/mol. The number of benzene rings is 1. The lowest BCUT2D eigenvalue weighted by atomic mass is 10.0. The molecule has 1 aliphatic heterocycles. The second-order valence-corrected chi connectivity index (χ2v) is 7.39. The maximum absolute atomic E-state index is 13.7. The fourth-order valence-electron chi connectivity index (χ4n) is 3.59. The van der Waals surface area contributed by atoms with Crippen molar-refractivity contribution in [1.82, 2.24) is 19.7 Å². The maximum Gasteiger partial charge on any atom is 0.416 e. The summed E-state index contributed by atoms with van der Waals surface area (Å²) < 4.78 is 48.2. The number of hydrogen-bond donors (Lipinski definition) is 1. The quantitative estimate of drug-likeness (QED) is 0.663.